The molecule has 2 unspecified atom stereocenters. The van der Waals surface area contributed by atoms with Crippen LogP contribution in [0, 0.1) is 0 Å². The molecule has 0 radical (unpaired) electrons. The molecule has 20 heavy (non-hydrogen) atoms. The first-order valence-corrected chi connectivity index (χ1v) is 7.85. The Morgan fingerprint density at radius 3 is 2.65 bits per heavy atom. The monoisotopic (exact) mass is 300 g/mol. The zero-order valence-corrected chi connectivity index (χ0v) is 12.7. The van der Waals surface area contributed by atoms with E-state index in [-0.39, 0.29) is 22.7 Å². The topological polar surface area (TPSA) is 81.9 Å². The summed E-state index contributed by atoms with van der Waals surface area (Å²) in [6, 6.07) is 4.41. The van der Waals surface area contributed by atoms with Crippen molar-refractivity contribution >= 4 is 15.7 Å². The molecule has 0 aliphatic carbocycles. The minimum absolute atomic E-state index is 0.0971. The maximum atomic E-state index is 12.6. The number of hydrogen-bond acceptors (Lipinski definition) is 5. The molecular formula is C13H20N2O4S. The molecule has 0 amide bonds. The van der Waals surface area contributed by atoms with Crippen molar-refractivity contribution in [1.82, 2.24) is 4.31 Å². The number of hydrogen-bond donors (Lipinski definition) is 1. The number of nitrogens with zero attached hydrogens (tertiary/aromatic N) is 1. The molecule has 1 aliphatic rings. The first-order valence-electron chi connectivity index (χ1n) is 6.41. The Balaban J connectivity index is 2.34. The number of rotatable bonds is 4. The van der Waals surface area contributed by atoms with E-state index >= 15 is 0 Å². The van der Waals surface area contributed by atoms with Crippen molar-refractivity contribution in [3.05, 3.63) is 18.2 Å². The van der Waals surface area contributed by atoms with Crippen LogP contribution in [-0.4, -0.2) is 45.6 Å². The van der Waals surface area contributed by atoms with Crippen molar-refractivity contribution in [2.75, 3.05) is 26.5 Å². The Hall–Kier alpha value is -1.31. The van der Waals surface area contributed by atoms with Gasteiger partial charge in [0, 0.05) is 19.7 Å². The molecule has 0 spiro atoms. The van der Waals surface area contributed by atoms with Crippen LogP contribution in [0.2, 0.25) is 0 Å². The van der Waals surface area contributed by atoms with Gasteiger partial charge in [-0.25, -0.2) is 8.42 Å². The largest absolute Gasteiger partial charge is 0.497 e. The number of ether oxygens (including phenoxy) is 2. The smallest absolute Gasteiger partial charge is 0.245 e. The van der Waals surface area contributed by atoms with Crippen molar-refractivity contribution in [2.24, 2.45) is 0 Å². The molecule has 1 aliphatic heterocycles. The van der Waals surface area contributed by atoms with Crippen LogP contribution in [0.1, 0.15) is 13.3 Å². The second-order valence-corrected chi connectivity index (χ2v) is 6.82. The van der Waals surface area contributed by atoms with E-state index in [1.54, 1.807) is 13.1 Å². The SMILES string of the molecule is COc1ccc(S(=O)(=O)N(C)C2CCOC2C)c(N)c1. The second kappa shape index (κ2) is 5.59. The maximum Gasteiger partial charge on any atom is 0.245 e. The Morgan fingerprint density at radius 1 is 1.45 bits per heavy atom. The minimum atomic E-state index is -3.64. The van der Waals surface area contributed by atoms with Gasteiger partial charge in [0.2, 0.25) is 10.0 Å². The summed E-state index contributed by atoms with van der Waals surface area (Å²) in [6.45, 7) is 2.45. The average Bonchev–Trinajstić information content (AvgIpc) is 2.83. The van der Waals surface area contributed by atoms with Crippen molar-refractivity contribution < 1.29 is 17.9 Å². The quantitative estimate of drug-likeness (QED) is 0.841. The number of likely N-dealkylation sites (N-methyl/N-ethyl adjacent to an activating group) is 1. The Morgan fingerprint density at radius 2 is 2.15 bits per heavy atom. The van der Waals surface area contributed by atoms with Gasteiger partial charge in [-0.05, 0) is 25.5 Å². The standard InChI is InChI=1S/C13H20N2O4S/c1-9-12(6-7-19-9)15(2)20(16,17)13-5-4-10(18-3)8-11(13)14/h4-5,8-9,12H,6-7,14H2,1-3H3. The van der Waals surface area contributed by atoms with Crippen LogP contribution in [0.3, 0.4) is 0 Å². The van der Waals surface area contributed by atoms with Crippen LogP contribution in [0.25, 0.3) is 0 Å². The Bertz CT molecular complexity index is 588. The van der Waals surface area contributed by atoms with E-state index in [9.17, 15) is 8.42 Å². The van der Waals surface area contributed by atoms with Crippen molar-refractivity contribution in [3.8, 4) is 5.75 Å². The molecule has 1 heterocycles. The number of benzene rings is 1. The molecule has 1 fully saturated rings. The summed E-state index contributed by atoms with van der Waals surface area (Å²) in [5.41, 5.74) is 6.02. The fraction of sp³-hybridized carbons (Fsp3) is 0.538. The summed E-state index contributed by atoms with van der Waals surface area (Å²) in [5.74, 6) is 0.529. The summed E-state index contributed by atoms with van der Waals surface area (Å²) < 4.78 is 37.1. The molecule has 112 valence electrons. The van der Waals surface area contributed by atoms with E-state index in [2.05, 4.69) is 0 Å². The molecule has 7 heteroatoms. The zero-order chi connectivity index (χ0) is 14.9. The van der Waals surface area contributed by atoms with Gasteiger partial charge in [-0.1, -0.05) is 0 Å². The molecule has 0 bridgehead atoms. The number of nitrogen functional groups attached to an aromatic ring is 1. The molecule has 0 aromatic heterocycles. The van der Waals surface area contributed by atoms with Crippen LogP contribution in [-0.2, 0) is 14.8 Å². The number of anilines is 1. The summed E-state index contributed by atoms with van der Waals surface area (Å²) in [6.07, 6.45) is 0.571. The number of methoxy groups -OCH3 is 1. The van der Waals surface area contributed by atoms with Gasteiger partial charge in [-0.3, -0.25) is 0 Å². The van der Waals surface area contributed by atoms with E-state index in [0.29, 0.717) is 18.8 Å². The lowest BCUT2D eigenvalue weighted by Crippen LogP contribution is -2.41. The zero-order valence-electron chi connectivity index (χ0n) is 11.9. The van der Waals surface area contributed by atoms with Crippen molar-refractivity contribution in [2.45, 2.75) is 30.4 Å². The molecule has 1 saturated heterocycles. The number of sulfonamides is 1. The van der Waals surface area contributed by atoms with Crippen LogP contribution >= 0.6 is 0 Å². The van der Waals surface area contributed by atoms with E-state index in [0.717, 1.165) is 0 Å². The van der Waals surface area contributed by atoms with Gasteiger partial charge in [-0.2, -0.15) is 4.31 Å². The lowest BCUT2D eigenvalue weighted by Gasteiger charge is -2.26. The molecule has 2 atom stereocenters. The summed E-state index contributed by atoms with van der Waals surface area (Å²) in [7, 11) is -0.567. The van der Waals surface area contributed by atoms with Crippen LogP contribution < -0.4 is 10.5 Å². The summed E-state index contributed by atoms with van der Waals surface area (Å²) in [4.78, 5) is 0.0971. The Labute approximate surface area is 119 Å². The van der Waals surface area contributed by atoms with Crippen molar-refractivity contribution in [3.63, 3.8) is 0 Å². The van der Waals surface area contributed by atoms with Crippen LogP contribution in [0.15, 0.2) is 23.1 Å². The van der Waals surface area contributed by atoms with E-state index in [1.807, 2.05) is 6.92 Å². The molecule has 1 aromatic rings. The minimum Gasteiger partial charge on any atom is -0.497 e. The first-order chi connectivity index (χ1) is 9.37. The lowest BCUT2D eigenvalue weighted by molar-refractivity contribution is 0.102. The first kappa shape index (κ1) is 15.1. The van der Waals surface area contributed by atoms with Crippen LogP contribution in [0.4, 0.5) is 5.69 Å². The van der Waals surface area contributed by atoms with Gasteiger partial charge in [-0.15, -0.1) is 0 Å². The van der Waals surface area contributed by atoms with Gasteiger partial charge in [0.25, 0.3) is 0 Å². The predicted octanol–water partition coefficient (Wildman–Crippen LogP) is 1.08. The third-order valence-electron chi connectivity index (χ3n) is 3.68. The third-order valence-corrected chi connectivity index (χ3v) is 5.63. The highest BCUT2D eigenvalue weighted by atomic mass is 32.2. The molecule has 6 nitrogen and oxygen atoms in total. The summed E-state index contributed by atoms with van der Waals surface area (Å²) >= 11 is 0. The number of nitrogens with two attached hydrogens (primary N) is 1. The molecular weight excluding hydrogens is 280 g/mol. The summed E-state index contributed by atoms with van der Waals surface area (Å²) in [5, 5.41) is 0. The molecule has 1 aromatic carbocycles. The Kier molecular flexibility index (Phi) is 4.22. The molecule has 0 saturated carbocycles. The normalized spacial score (nSPS) is 23.2. The van der Waals surface area contributed by atoms with E-state index in [1.165, 1.54) is 23.5 Å². The molecule has 2 N–H and O–H groups in total. The highest BCUT2D eigenvalue weighted by Gasteiger charge is 2.36. The fourth-order valence-electron chi connectivity index (χ4n) is 2.42. The van der Waals surface area contributed by atoms with Crippen LogP contribution in [0.5, 0.6) is 5.75 Å². The van der Waals surface area contributed by atoms with Crippen molar-refractivity contribution in [1.29, 1.82) is 0 Å². The maximum absolute atomic E-state index is 12.6. The van der Waals surface area contributed by atoms with Gasteiger partial charge in [0.05, 0.1) is 24.9 Å². The second-order valence-electron chi connectivity index (χ2n) is 4.86. The van der Waals surface area contributed by atoms with E-state index < -0.39 is 10.0 Å². The lowest BCUT2D eigenvalue weighted by atomic mass is 10.2. The van der Waals surface area contributed by atoms with Gasteiger partial charge >= 0.3 is 0 Å². The molecule has 2 rings (SSSR count). The van der Waals surface area contributed by atoms with Gasteiger partial charge in [0.1, 0.15) is 10.6 Å². The van der Waals surface area contributed by atoms with Gasteiger partial charge < -0.3 is 15.2 Å². The van der Waals surface area contributed by atoms with Gasteiger partial charge in [0.15, 0.2) is 0 Å². The third kappa shape index (κ3) is 2.61. The predicted molar refractivity (Wildman–Crippen MR) is 76.2 cm³/mol. The van der Waals surface area contributed by atoms with E-state index in [4.69, 9.17) is 15.2 Å². The fourth-order valence-corrected chi connectivity index (χ4v) is 3.96. The average molecular weight is 300 g/mol. The highest BCUT2D eigenvalue weighted by molar-refractivity contribution is 7.89. The highest BCUT2D eigenvalue weighted by Crippen LogP contribution is 2.29.